The molecule has 0 aliphatic carbocycles. The number of hydrogen-bond donors (Lipinski definition) is 2. The molecular weight excluding hydrogens is 76.1 g/mol. The van der Waals surface area contributed by atoms with Crippen LogP contribution in [0.25, 0.3) is 0 Å². The van der Waals surface area contributed by atoms with Crippen LogP contribution < -0.4 is 10.9 Å². The average Bonchev–Trinajstić information content (AvgIpc) is 1.86. The number of rotatable bonds is 0. The second-order valence-corrected chi connectivity index (χ2v) is 1.44. The minimum Gasteiger partial charge on any atom is -0.328 e. The Balaban J connectivity index is 2.38. The van der Waals surface area contributed by atoms with Gasteiger partial charge < -0.3 is 5.43 Å². The van der Waals surface area contributed by atoms with E-state index >= 15 is 0 Å². The Morgan fingerprint density at radius 2 is 2.50 bits per heavy atom. The van der Waals surface area contributed by atoms with Gasteiger partial charge in [0.2, 0.25) is 0 Å². The van der Waals surface area contributed by atoms with Crippen molar-refractivity contribution in [2.75, 3.05) is 0 Å². The molecule has 0 bridgehead atoms. The van der Waals surface area contributed by atoms with E-state index in [0.29, 0.717) is 6.04 Å². The molecule has 1 aliphatic rings. The molecule has 0 aromatic rings. The zero-order valence-electron chi connectivity index (χ0n) is 3.73. The summed E-state index contributed by atoms with van der Waals surface area (Å²) in [5.41, 5.74) is 5.80. The number of hydrazine groups is 1. The molecular formula is C4H8N2. The van der Waals surface area contributed by atoms with Crippen LogP contribution in [0.15, 0.2) is 12.3 Å². The van der Waals surface area contributed by atoms with Crippen LogP contribution in [0.5, 0.6) is 0 Å². The predicted molar refractivity (Wildman–Crippen MR) is 24.9 cm³/mol. The molecule has 34 valence electrons. The molecule has 0 saturated carbocycles. The molecule has 0 amide bonds. The summed E-state index contributed by atoms with van der Waals surface area (Å²) < 4.78 is 0. The maximum atomic E-state index is 2.96. The molecule has 1 aliphatic heterocycles. The predicted octanol–water partition coefficient (Wildman–Crippen LogP) is -0.00360. The first-order chi connectivity index (χ1) is 2.89. The molecule has 2 nitrogen and oxygen atoms in total. The largest absolute Gasteiger partial charge is 0.328 e. The van der Waals surface area contributed by atoms with Gasteiger partial charge in [-0.2, -0.15) is 0 Å². The second kappa shape index (κ2) is 1.30. The molecule has 0 fully saturated rings. The normalized spacial score (nSPS) is 30.5. The molecule has 1 heterocycles. The third kappa shape index (κ3) is 0.518. The molecule has 0 saturated heterocycles. The van der Waals surface area contributed by atoms with E-state index in [2.05, 4.69) is 23.9 Å². The summed E-state index contributed by atoms with van der Waals surface area (Å²) in [5, 5.41) is 0. The van der Waals surface area contributed by atoms with Gasteiger partial charge in [-0.3, -0.25) is 0 Å². The van der Waals surface area contributed by atoms with Crippen molar-refractivity contribution >= 4 is 0 Å². The van der Waals surface area contributed by atoms with Crippen LogP contribution in [-0.2, 0) is 0 Å². The van der Waals surface area contributed by atoms with Gasteiger partial charge in [0, 0.05) is 12.2 Å². The Bertz CT molecular complexity index is 67.9. The Morgan fingerprint density at radius 3 is 2.67 bits per heavy atom. The monoisotopic (exact) mass is 84.1 g/mol. The lowest BCUT2D eigenvalue weighted by molar-refractivity contribution is 0.621. The highest BCUT2D eigenvalue weighted by Gasteiger charge is 1.95. The van der Waals surface area contributed by atoms with Crippen molar-refractivity contribution in [2.24, 2.45) is 0 Å². The zero-order chi connectivity index (χ0) is 4.41. The van der Waals surface area contributed by atoms with E-state index in [1.54, 1.807) is 0 Å². The summed E-state index contributed by atoms with van der Waals surface area (Å²) in [4.78, 5) is 0. The highest BCUT2D eigenvalue weighted by atomic mass is 15.4. The van der Waals surface area contributed by atoms with Gasteiger partial charge in [0.25, 0.3) is 0 Å². The number of nitrogens with one attached hydrogen (secondary N) is 2. The fourth-order valence-corrected chi connectivity index (χ4v) is 0.420. The molecule has 0 aromatic heterocycles. The minimum atomic E-state index is 0.505. The highest BCUT2D eigenvalue weighted by molar-refractivity contribution is 4.93. The van der Waals surface area contributed by atoms with Crippen LogP contribution >= 0.6 is 0 Å². The summed E-state index contributed by atoms with van der Waals surface area (Å²) in [6.45, 7) is 2.08. The summed E-state index contributed by atoms with van der Waals surface area (Å²) >= 11 is 0. The van der Waals surface area contributed by atoms with Gasteiger partial charge >= 0.3 is 0 Å². The van der Waals surface area contributed by atoms with Gasteiger partial charge in [-0.25, -0.2) is 5.43 Å². The van der Waals surface area contributed by atoms with E-state index < -0.39 is 0 Å². The molecule has 0 unspecified atom stereocenters. The Morgan fingerprint density at radius 1 is 1.67 bits per heavy atom. The summed E-state index contributed by atoms with van der Waals surface area (Å²) in [5.74, 6) is 0. The standard InChI is InChI=1S/C4H8N2/c1-4-2-3-5-6-4/h2-6H,1H3/t4-/m1/s1. The van der Waals surface area contributed by atoms with E-state index in [1.165, 1.54) is 0 Å². The van der Waals surface area contributed by atoms with Crippen LogP contribution in [0.2, 0.25) is 0 Å². The summed E-state index contributed by atoms with van der Waals surface area (Å²) in [7, 11) is 0. The summed E-state index contributed by atoms with van der Waals surface area (Å²) in [6, 6.07) is 0.505. The van der Waals surface area contributed by atoms with E-state index in [9.17, 15) is 0 Å². The molecule has 2 heteroatoms. The lowest BCUT2D eigenvalue weighted by Crippen LogP contribution is -2.27. The average molecular weight is 84.1 g/mol. The second-order valence-electron chi connectivity index (χ2n) is 1.44. The fourth-order valence-electron chi connectivity index (χ4n) is 0.420. The van der Waals surface area contributed by atoms with Crippen molar-refractivity contribution < 1.29 is 0 Å². The smallest absolute Gasteiger partial charge is 0.0429 e. The van der Waals surface area contributed by atoms with Crippen LogP contribution in [0, 0.1) is 0 Å². The van der Waals surface area contributed by atoms with E-state index in [1.807, 2.05) is 6.20 Å². The van der Waals surface area contributed by atoms with Crippen LogP contribution in [0.1, 0.15) is 6.92 Å². The third-order valence-corrected chi connectivity index (χ3v) is 0.779. The molecule has 0 aromatic carbocycles. The molecule has 6 heavy (non-hydrogen) atoms. The molecule has 1 atom stereocenters. The van der Waals surface area contributed by atoms with Crippen LogP contribution in [-0.4, -0.2) is 6.04 Å². The first-order valence-electron chi connectivity index (χ1n) is 2.07. The molecule has 0 spiro atoms. The Labute approximate surface area is 37.2 Å². The fraction of sp³-hybridized carbons (Fsp3) is 0.500. The molecule has 2 N–H and O–H groups in total. The van der Waals surface area contributed by atoms with Crippen LogP contribution in [0.3, 0.4) is 0 Å². The first kappa shape index (κ1) is 3.68. The van der Waals surface area contributed by atoms with E-state index in [0.717, 1.165) is 0 Å². The van der Waals surface area contributed by atoms with Crippen molar-refractivity contribution in [1.82, 2.24) is 10.9 Å². The maximum Gasteiger partial charge on any atom is 0.0429 e. The first-order valence-corrected chi connectivity index (χ1v) is 2.07. The van der Waals surface area contributed by atoms with Gasteiger partial charge in [0.15, 0.2) is 0 Å². The van der Waals surface area contributed by atoms with E-state index in [4.69, 9.17) is 0 Å². The minimum absolute atomic E-state index is 0.505. The van der Waals surface area contributed by atoms with Gasteiger partial charge in [-0.15, -0.1) is 0 Å². The third-order valence-electron chi connectivity index (χ3n) is 0.779. The lowest BCUT2D eigenvalue weighted by atomic mass is 10.4. The Hall–Kier alpha value is -0.500. The van der Waals surface area contributed by atoms with Crippen molar-refractivity contribution in [3.8, 4) is 0 Å². The number of hydrogen-bond acceptors (Lipinski definition) is 2. The van der Waals surface area contributed by atoms with Crippen molar-refractivity contribution in [2.45, 2.75) is 13.0 Å². The quantitative estimate of drug-likeness (QED) is 0.431. The van der Waals surface area contributed by atoms with Gasteiger partial charge in [-0.1, -0.05) is 0 Å². The molecule has 0 radical (unpaired) electrons. The van der Waals surface area contributed by atoms with Crippen molar-refractivity contribution in [3.05, 3.63) is 12.3 Å². The molecule has 1 rings (SSSR count). The van der Waals surface area contributed by atoms with Crippen molar-refractivity contribution in [3.63, 3.8) is 0 Å². The van der Waals surface area contributed by atoms with E-state index in [-0.39, 0.29) is 0 Å². The zero-order valence-corrected chi connectivity index (χ0v) is 3.73. The SMILES string of the molecule is C[C@@H]1C=CNN1. The van der Waals surface area contributed by atoms with Gasteiger partial charge in [0.05, 0.1) is 0 Å². The maximum absolute atomic E-state index is 2.96. The van der Waals surface area contributed by atoms with Crippen LogP contribution in [0.4, 0.5) is 0 Å². The summed E-state index contributed by atoms with van der Waals surface area (Å²) in [6.07, 6.45) is 3.95. The Kier molecular flexibility index (Phi) is 0.801. The lowest BCUT2D eigenvalue weighted by Gasteiger charge is -1.95. The highest BCUT2D eigenvalue weighted by Crippen LogP contribution is 1.84. The van der Waals surface area contributed by atoms with Gasteiger partial charge in [-0.05, 0) is 13.0 Å². The van der Waals surface area contributed by atoms with Gasteiger partial charge in [0.1, 0.15) is 0 Å². The topological polar surface area (TPSA) is 24.1 Å². The van der Waals surface area contributed by atoms with Crippen molar-refractivity contribution in [1.29, 1.82) is 0 Å².